The average molecular weight is 278 g/mol. The average Bonchev–Trinajstić information content (AvgIpc) is 2.38. The number of anilines is 2. The van der Waals surface area contributed by atoms with Gasteiger partial charge >= 0.3 is 0 Å². The number of nitrogens with zero attached hydrogens (tertiary/aromatic N) is 3. The molecule has 20 heavy (non-hydrogen) atoms. The lowest BCUT2D eigenvalue weighted by Crippen LogP contribution is -2.50. The van der Waals surface area contributed by atoms with Gasteiger partial charge in [-0.15, -0.1) is 0 Å². The largest absolute Gasteiger partial charge is 0.390 e. The second kappa shape index (κ2) is 5.95. The Hall–Kier alpha value is -1.36. The third-order valence-electron chi connectivity index (χ3n) is 4.11. The van der Waals surface area contributed by atoms with Crippen molar-refractivity contribution in [2.75, 3.05) is 23.3 Å². The molecule has 0 aliphatic carbocycles. The lowest BCUT2D eigenvalue weighted by Gasteiger charge is -2.43. The molecule has 0 radical (unpaired) electrons. The Balaban J connectivity index is 2.12. The maximum Gasteiger partial charge on any atom is 0.134 e. The van der Waals surface area contributed by atoms with Gasteiger partial charge in [0.1, 0.15) is 18.0 Å². The summed E-state index contributed by atoms with van der Waals surface area (Å²) in [6, 6.07) is 2.34. The molecule has 2 atom stereocenters. The number of aromatic nitrogens is 2. The fraction of sp³-hybridized carbons (Fsp3) is 0.733. The van der Waals surface area contributed by atoms with Crippen molar-refractivity contribution in [3.8, 4) is 0 Å². The Morgan fingerprint density at radius 1 is 1.50 bits per heavy atom. The van der Waals surface area contributed by atoms with Crippen molar-refractivity contribution in [2.24, 2.45) is 5.92 Å². The van der Waals surface area contributed by atoms with Crippen LogP contribution in [0.4, 0.5) is 11.6 Å². The fourth-order valence-corrected chi connectivity index (χ4v) is 2.79. The number of piperidine rings is 1. The van der Waals surface area contributed by atoms with Gasteiger partial charge in [-0.1, -0.05) is 6.92 Å². The van der Waals surface area contributed by atoms with Gasteiger partial charge in [-0.25, -0.2) is 9.97 Å². The van der Waals surface area contributed by atoms with Crippen LogP contribution >= 0.6 is 0 Å². The van der Waals surface area contributed by atoms with Crippen molar-refractivity contribution in [1.29, 1.82) is 0 Å². The van der Waals surface area contributed by atoms with Gasteiger partial charge in [0.15, 0.2) is 0 Å². The second-order valence-corrected chi connectivity index (χ2v) is 6.22. The molecule has 1 fully saturated rings. The first-order valence-electron chi connectivity index (χ1n) is 7.48. The molecule has 1 aliphatic rings. The van der Waals surface area contributed by atoms with Crippen molar-refractivity contribution >= 4 is 11.6 Å². The molecule has 1 saturated heterocycles. The number of aliphatic hydroxyl groups is 1. The summed E-state index contributed by atoms with van der Waals surface area (Å²) in [6.45, 7) is 9.95. The minimum atomic E-state index is -0.558. The maximum absolute atomic E-state index is 10.4. The Labute approximate surface area is 121 Å². The number of hydrogen-bond acceptors (Lipinski definition) is 5. The van der Waals surface area contributed by atoms with Gasteiger partial charge in [0, 0.05) is 31.1 Å². The quantitative estimate of drug-likeness (QED) is 0.885. The standard InChI is InChI=1S/C15H26N4O/c1-5-12-9-19(7-6-15(12,4)20)14-8-13(16-10-17-14)18-11(2)3/h8,10-12,20H,5-7,9H2,1-4H3,(H,16,17,18)/t12-,15+/m0/s1. The van der Waals surface area contributed by atoms with Crippen LogP contribution in [-0.4, -0.2) is 39.8 Å². The smallest absolute Gasteiger partial charge is 0.134 e. The van der Waals surface area contributed by atoms with Crippen LogP contribution in [0, 0.1) is 5.92 Å². The zero-order valence-corrected chi connectivity index (χ0v) is 12.9. The van der Waals surface area contributed by atoms with Crippen molar-refractivity contribution in [3.63, 3.8) is 0 Å². The van der Waals surface area contributed by atoms with Gasteiger partial charge in [0.05, 0.1) is 5.60 Å². The van der Waals surface area contributed by atoms with Crippen LogP contribution in [0.2, 0.25) is 0 Å². The highest BCUT2D eigenvalue weighted by Crippen LogP contribution is 2.32. The predicted octanol–water partition coefficient (Wildman–Crippen LogP) is 2.28. The van der Waals surface area contributed by atoms with Gasteiger partial charge in [-0.2, -0.15) is 0 Å². The first kappa shape index (κ1) is 15.0. The van der Waals surface area contributed by atoms with E-state index in [0.717, 1.165) is 37.6 Å². The van der Waals surface area contributed by atoms with E-state index in [2.05, 4.69) is 41.0 Å². The third kappa shape index (κ3) is 3.39. The van der Waals surface area contributed by atoms with E-state index in [9.17, 15) is 5.11 Å². The third-order valence-corrected chi connectivity index (χ3v) is 4.11. The lowest BCUT2D eigenvalue weighted by molar-refractivity contribution is -0.0183. The number of rotatable bonds is 4. The van der Waals surface area contributed by atoms with Crippen LogP contribution in [0.25, 0.3) is 0 Å². The lowest BCUT2D eigenvalue weighted by atomic mass is 9.81. The van der Waals surface area contributed by atoms with E-state index >= 15 is 0 Å². The van der Waals surface area contributed by atoms with Crippen molar-refractivity contribution in [3.05, 3.63) is 12.4 Å². The molecule has 1 aromatic rings. The normalized spacial score (nSPS) is 26.9. The second-order valence-electron chi connectivity index (χ2n) is 6.22. The minimum absolute atomic E-state index is 0.285. The van der Waals surface area contributed by atoms with E-state index in [-0.39, 0.29) is 5.92 Å². The van der Waals surface area contributed by atoms with Gasteiger partial charge in [0.25, 0.3) is 0 Å². The summed E-state index contributed by atoms with van der Waals surface area (Å²) in [7, 11) is 0. The van der Waals surface area contributed by atoms with E-state index in [1.54, 1.807) is 6.33 Å². The summed E-state index contributed by atoms with van der Waals surface area (Å²) < 4.78 is 0. The molecule has 2 rings (SSSR count). The summed E-state index contributed by atoms with van der Waals surface area (Å²) in [4.78, 5) is 10.9. The summed E-state index contributed by atoms with van der Waals surface area (Å²) in [5.41, 5.74) is -0.558. The molecular formula is C15H26N4O. The Morgan fingerprint density at radius 2 is 2.25 bits per heavy atom. The number of nitrogens with one attached hydrogen (secondary N) is 1. The van der Waals surface area contributed by atoms with Crippen LogP contribution in [-0.2, 0) is 0 Å². The zero-order valence-electron chi connectivity index (χ0n) is 12.9. The van der Waals surface area contributed by atoms with Crippen molar-refractivity contribution in [2.45, 2.75) is 52.2 Å². The molecule has 2 N–H and O–H groups in total. The monoisotopic (exact) mass is 278 g/mol. The first-order valence-corrected chi connectivity index (χ1v) is 7.48. The highest BCUT2D eigenvalue weighted by molar-refractivity contribution is 5.49. The van der Waals surface area contributed by atoms with Crippen LogP contribution in [0.5, 0.6) is 0 Å². The highest BCUT2D eigenvalue weighted by Gasteiger charge is 2.36. The van der Waals surface area contributed by atoms with E-state index in [4.69, 9.17) is 0 Å². The van der Waals surface area contributed by atoms with Gasteiger partial charge in [-0.3, -0.25) is 0 Å². The molecule has 0 unspecified atom stereocenters. The molecular weight excluding hydrogens is 252 g/mol. The zero-order chi connectivity index (χ0) is 14.8. The maximum atomic E-state index is 10.4. The van der Waals surface area contributed by atoms with Gasteiger partial charge in [0.2, 0.25) is 0 Å². The summed E-state index contributed by atoms with van der Waals surface area (Å²) in [5, 5.41) is 13.7. The Kier molecular flexibility index (Phi) is 4.48. The Bertz CT molecular complexity index is 447. The first-order chi connectivity index (χ1) is 9.42. The minimum Gasteiger partial charge on any atom is -0.390 e. The Morgan fingerprint density at radius 3 is 2.90 bits per heavy atom. The summed E-state index contributed by atoms with van der Waals surface area (Å²) in [5.74, 6) is 2.08. The van der Waals surface area contributed by atoms with E-state index in [0.29, 0.717) is 6.04 Å². The molecule has 1 aromatic heterocycles. The molecule has 0 bridgehead atoms. The molecule has 0 saturated carbocycles. The van der Waals surface area contributed by atoms with E-state index in [1.807, 2.05) is 13.0 Å². The molecule has 112 valence electrons. The topological polar surface area (TPSA) is 61.3 Å². The molecule has 5 nitrogen and oxygen atoms in total. The SMILES string of the molecule is CC[C@H]1CN(c2cc(NC(C)C)ncn2)CC[C@@]1(C)O. The van der Waals surface area contributed by atoms with Gasteiger partial charge < -0.3 is 15.3 Å². The van der Waals surface area contributed by atoms with Crippen LogP contribution in [0.1, 0.15) is 40.5 Å². The number of hydrogen-bond donors (Lipinski definition) is 2. The summed E-state index contributed by atoms with van der Waals surface area (Å²) >= 11 is 0. The summed E-state index contributed by atoms with van der Waals surface area (Å²) in [6.07, 6.45) is 3.36. The van der Waals surface area contributed by atoms with Gasteiger partial charge in [-0.05, 0) is 33.6 Å². The highest BCUT2D eigenvalue weighted by atomic mass is 16.3. The van der Waals surface area contributed by atoms with E-state index in [1.165, 1.54) is 0 Å². The van der Waals surface area contributed by atoms with Crippen LogP contribution in [0.3, 0.4) is 0 Å². The molecule has 0 amide bonds. The molecule has 2 heterocycles. The van der Waals surface area contributed by atoms with E-state index < -0.39 is 5.60 Å². The fourth-order valence-electron chi connectivity index (χ4n) is 2.79. The molecule has 5 heteroatoms. The van der Waals surface area contributed by atoms with Crippen LogP contribution in [0.15, 0.2) is 12.4 Å². The predicted molar refractivity (Wildman–Crippen MR) is 82.0 cm³/mol. The van der Waals surface area contributed by atoms with Crippen molar-refractivity contribution < 1.29 is 5.11 Å². The molecule has 1 aliphatic heterocycles. The van der Waals surface area contributed by atoms with Crippen LogP contribution < -0.4 is 10.2 Å². The van der Waals surface area contributed by atoms with Crippen molar-refractivity contribution in [1.82, 2.24) is 9.97 Å². The molecule has 0 spiro atoms. The molecule has 0 aromatic carbocycles.